The highest BCUT2D eigenvalue weighted by atomic mass is 16.3. The molecule has 0 amide bonds. The molecule has 0 aliphatic rings. The third kappa shape index (κ3) is 4.03. The highest BCUT2D eigenvalue weighted by Gasteiger charge is 2.26. The number of hydrogen-bond donors (Lipinski definition) is 0. The van der Waals surface area contributed by atoms with E-state index < -0.39 is 0 Å². The van der Waals surface area contributed by atoms with Crippen molar-refractivity contribution in [2.75, 3.05) is 0 Å². The van der Waals surface area contributed by atoms with Crippen LogP contribution in [0.2, 0.25) is 0 Å². The number of furan rings is 1. The summed E-state index contributed by atoms with van der Waals surface area (Å²) in [6.45, 7) is 0. The lowest BCUT2D eigenvalue weighted by atomic mass is 9.95. The molecule has 9 aromatic carbocycles. The smallest absolute Gasteiger partial charge is 0.235 e. The Hall–Kier alpha value is -8.02. The van der Waals surface area contributed by atoms with Gasteiger partial charge in [-0.3, -0.25) is 4.57 Å². The van der Waals surface area contributed by atoms with Crippen LogP contribution in [-0.4, -0.2) is 18.9 Å². The van der Waals surface area contributed by atoms with Gasteiger partial charge in [-0.25, -0.2) is 9.97 Å². The fraction of sp³-hybridized carbons (Fsp3) is 0. The van der Waals surface area contributed by atoms with Gasteiger partial charge in [-0.1, -0.05) is 146 Å². The lowest BCUT2D eigenvalue weighted by molar-refractivity contribution is 0.671. The molecule has 0 saturated carbocycles. The topological polar surface area (TPSA) is 48.3 Å². The van der Waals surface area contributed by atoms with E-state index in [0.717, 1.165) is 93.5 Å². The number of benzene rings is 9. The van der Waals surface area contributed by atoms with Crippen LogP contribution in [0.1, 0.15) is 0 Å². The lowest BCUT2D eigenvalue weighted by Crippen LogP contribution is -2.04. The first-order valence-corrected chi connectivity index (χ1v) is 20.1. The number of rotatable bonds is 3. The van der Waals surface area contributed by atoms with Gasteiger partial charge in [0, 0.05) is 54.0 Å². The van der Waals surface area contributed by atoms with E-state index in [1.807, 2.05) is 6.07 Å². The SMILES string of the molecule is c1ccc(-c2ccccc2-c2nc(-n3c4cccc5c6cccc7c8ccc9c%10ccccc%10oc9c8n(c8cccc3c8c54)c67)nc3c2ccc2ccccc23)cc1. The third-order valence-corrected chi connectivity index (χ3v) is 12.7. The Bertz CT molecular complexity index is 4080. The standard InChI is InChI=1S/C54H30N4O/c1-2-13-31(14-3-1)33-16-6-7-19-37(33)50-42-28-27-32-15-4-5-17-34(32)49(42)55-54(56-50)57-43-23-11-20-36-38-21-10-22-39-40-29-30-41-35-18-8-9-26-46(35)59-53(41)52(40)58(51(38)39)45-25-12-24-44(57)48(45)47(36)43/h1-30H. The molecule has 0 unspecified atom stereocenters. The molecule has 14 aromatic rings. The van der Waals surface area contributed by atoms with Crippen LogP contribution in [0.15, 0.2) is 186 Å². The maximum Gasteiger partial charge on any atom is 0.235 e. The molecule has 0 aliphatic carbocycles. The molecule has 0 radical (unpaired) electrons. The maximum atomic E-state index is 6.79. The fourth-order valence-electron chi connectivity index (χ4n) is 10.2. The van der Waals surface area contributed by atoms with Crippen LogP contribution in [-0.2, 0) is 0 Å². The molecule has 5 heterocycles. The van der Waals surface area contributed by atoms with Crippen LogP contribution in [0.5, 0.6) is 0 Å². The van der Waals surface area contributed by atoms with Crippen molar-refractivity contribution in [3.63, 3.8) is 0 Å². The van der Waals surface area contributed by atoms with Crippen molar-refractivity contribution in [1.82, 2.24) is 18.9 Å². The number of fused-ring (bicyclic) bond motifs is 12. The third-order valence-electron chi connectivity index (χ3n) is 12.7. The van der Waals surface area contributed by atoms with Crippen molar-refractivity contribution in [3.05, 3.63) is 182 Å². The van der Waals surface area contributed by atoms with Crippen molar-refractivity contribution < 1.29 is 4.42 Å². The molecule has 5 heteroatoms. The van der Waals surface area contributed by atoms with Crippen LogP contribution >= 0.6 is 0 Å². The Morgan fingerprint density at radius 2 is 1.02 bits per heavy atom. The van der Waals surface area contributed by atoms with Crippen LogP contribution in [0.3, 0.4) is 0 Å². The van der Waals surface area contributed by atoms with Crippen molar-refractivity contribution in [1.29, 1.82) is 0 Å². The van der Waals surface area contributed by atoms with Crippen molar-refractivity contribution in [2.45, 2.75) is 0 Å². The summed E-state index contributed by atoms with van der Waals surface area (Å²) in [5.41, 5.74) is 12.4. The average Bonchev–Trinajstić information content (AvgIpc) is 3.94. The monoisotopic (exact) mass is 750 g/mol. The summed E-state index contributed by atoms with van der Waals surface area (Å²) in [6.07, 6.45) is 0. The van der Waals surface area contributed by atoms with Crippen molar-refractivity contribution in [3.8, 4) is 28.3 Å². The second-order valence-corrected chi connectivity index (χ2v) is 15.6. The van der Waals surface area contributed by atoms with Crippen LogP contribution in [0, 0.1) is 0 Å². The Morgan fingerprint density at radius 3 is 1.92 bits per heavy atom. The van der Waals surface area contributed by atoms with Gasteiger partial charge in [0.1, 0.15) is 5.58 Å². The van der Waals surface area contributed by atoms with Gasteiger partial charge in [-0.15, -0.1) is 0 Å². The number of aromatic nitrogens is 4. The van der Waals surface area contributed by atoms with Gasteiger partial charge in [-0.05, 0) is 58.3 Å². The maximum absolute atomic E-state index is 6.79. The fourth-order valence-corrected chi connectivity index (χ4v) is 10.2. The molecule has 0 saturated heterocycles. The summed E-state index contributed by atoms with van der Waals surface area (Å²) >= 11 is 0. The van der Waals surface area contributed by atoms with Gasteiger partial charge in [-0.2, -0.15) is 0 Å². The minimum absolute atomic E-state index is 0.636. The van der Waals surface area contributed by atoms with Gasteiger partial charge >= 0.3 is 0 Å². The second-order valence-electron chi connectivity index (χ2n) is 15.6. The predicted molar refractivity (Wildman–Crippen MR) is 244 cm³/mol. The Kier molecular flexibility index (Phi) is 5.96. The Labute approximate surface area is 335 Å². The summed E-state index contributed by atoms with van der Waals surface area (Å²) in [5, 5.41) is 12.6. The van der Waals surface area contributed by atoms with Crippen molar-refractivity contribution >= 4 is 104 Å². The highest BCUT2D eigenvalue weighted by molar-refractivity contribution is 6.33. The molecule has 0 aliphatic heterocycles. The Morgan fingerprint density at radius 1 is 0.390 bits per heavy atom. The van der Waals surface area contributed by atoms with E-state index >= 15 is 0 Å². The van der Waals surface area contributed by atoms with E-state index in [-0.39, 0.29) is 0 Å². The van der Waals surface area contributed by atoms with E-state index in [4.69, 9.17) is 14.4 Å². The van der Waals surface area contributed by atoms with Gasteiger partial charge in [0.05, 0.1) is 38.8 Å². The summed E-state index contributed by atoms with van der Waals surface area (Å²) in [4.78, 5) is 11.2. The average molecular weight is 751 g/mol. The largest absolute Gasteiger partial charge is 0.454 e. The molecular weight excluding hydrogens is 721 g/mol. The van der Waals surface area contributed by atoms with Crippen molar-refractivity contribution in [2.24, 2.45) is 0 Å². The molecule has 0 bridgehead atoms. The van der Waals surface area contributed by atoms with E-state index in [0.29, 0.717) is 5.95 Å². The van der Waals surface area contributed by atoms with E-state index in [2.05, 4.69) is 185 Å². The minimum Gasteiger partial charge on any atom is -0.454 e. The van der Waals surface area contributed by atoms with E-state index in [1.54, 1.807) is 0 Å². The molecule has 0 spiro atoms. The first-order valence-electron chi connectivity index (χ1n) is 20.1. The normalized spacial score (nSPS) is 12.4. The van der Waals surface area contributed by atoms with Crippen LogP contribution < -0.4 is 0 Å². The molecular formula is C54H30N4O. The molecule has 272 valence electrons. The summed E-state index contributed by atoms with van der Waals surface area (Å²) in [6, 6.07) is 65.1. The minimum atomic E-state index is 0.636. The highest BCUT2D eigenvalue weighted by Crippen LogP contribution is 2.47. The summed E-state index contributed by atoms with van der Waals surface area (Å²) in [5.74, 6) is 0.636. The predicted octanol–water partition coefficient (Wildman–Crippen LogP) is 14.3. The van der Waals surface area contributed by atoms with E-state index in [1.165, 1.54) is 32.4 Å². The van der Waals surface area contributed by atoms with Gasteiger partial charge in [0.25, 0.3) is 0 Å². The zero-order valence-electron chi connectivity index (χ0n) is 31.5. The zero-order valence-corrected chi connectivity index (χ0v) is 31.5. The van der Waals surface area contributed by atoms with Crippen LogP contribution in [0.25, 0.3) is 132 Å². The first-order chi connectivity index (χ1) is 29.3. The summed E-state index contributed by atoms with van der Waals surface area (Å²) < 4.78 is 11.5. The molecule has 0 fully saturated rings. The molecule has 5 aromatic heterocycles. The Balaban J connectivity index is 1.18. The molecule has 0 N–H and O–H groups in total. The van der Waals surface area contributed by atoms with Crippen LogP contribution in [0.4, 0.5) is 0 Å². The molecule has 59 heavy (non-hydrogen) atoms. The number of nitrogens with zero attached hydrogens (tertiary/aromatic N) is 4. The number of hydrogen-bond acceptors (Lipinski definition) is 3. The molecule has 14 rings (SSSR count). The lowest BCUT2D eigenvalue weighted by Gasteiger charge is -2.16. The van der Waals surface area contributed by atoms with E-state index in [9.17, 15) is 0 Å². The van der Waals surface area contributed by atoms with Gasteiger partial charge in [0.15, 0.2) is 5.58 Å². The zero-order chi connectivity index (χ0) is 38.3. The van der Waals surface area contributed by atoms with Gasteiger partial charge in [0.2, 0.25) is 5.95 Å². The first kappa shape index (κ1) is 31.1. The second kappa shape index (κ2) is 11.3. The quantitative estimate of drug-likeness (QED) is 0.169. The summed E-state index contributed by atoms with van der Waals surface area (Å²) in [7, 11) is 0. The molecule has 0 atom stereocenters. The molecule has 5 nitrogen and oxygen atoms in total. The number of para-hydroxylation sites is 2. The van der Waals surface area contributed by atoms with Gasteiger partial charge < -0.3 is 8.82 Å².